The normalized spacial score (nSPS) is 19.1. The number of rotatable bonds is 8. The van der Waals surface area contributed by atoms with Gasteiger partial charge in [-0.3, -0.25) is 4.90 Å². The lowest BCUT2D eigenvalue weighted by Gasteiger charge is -2.18. The third kappa shape index (κ3) is 3.48. The van der Waals surface area contributed by atoms with Gasteiger partial charge in [-0.05, 0) is 44.2 Å². The molecule has 0 radical (unpaired) electrons. The van der Waals surface area contributed by atoms with Crippen molar-refractivity contribution in [1.29, 1.82) is 0 Å². The van der Waals surface area contributed by atoms with Gasteiger partial charge in [0.25, 0.3) is 0 Å². The van der Waals surface area contributed by atoms with Gasteiger partial charge < -0.3 is 9.73 Å². The average molecular weight is 260 g/mol. The molecule has 2 saturated carbocycles. The standard InChI is InChI=1S/C16H24N2O/c1-3-8-18(14-6-7-14)11-15-9-12(2)16(19-15)10-17-13-4-5-13/h3,9,13-14,17H,1,4-8,10-11H2,2H3. The summed E-state index contributed by atoms with van der Waals surface area (Å²) >= 11 is 0. The lowest BCUT2D eigenvalue weighted by molar-refractivity contribution is 0.254. The summed E-state index contributed by atoms with van der Waals surface area (Å²) in [6.45, 7) is 8.75. The first-order valence-electron chi connectivity index (χ1n) is 7.43. The molecule has 0 bridgehead atoms. The van der Waals surface area contributed by atoms with Gasteiger partial charge in [0, 0.05) is 18.6 Å². The quantitative estimate of drug-likeness (QED) is 0.728. The Balaban J connectivity index is 1.59. The van der Waals surface area contributed by atoms with Crippen molar-refractivity contribution < 1.29 is 4.42 Å². The lowest BCUT2D eigenvalue weighted by atomic mass is 10.2. The van der Waals surface area contributed by atoms with Gasteiger partial charge in [0.15, 0.2) is 0 Å². The predicted molar refractivity (Wildman–Crippen MR) is 76.9 cm³/mol. The Labute approximate surface area is 115 Å². The highest BCUT2D eigenvalue weighted by Gasteiger charge is 2.29. The van der Waals surface area contributed by atoms with E-state index in [-0.39, 0.29) is 0 Å². The van der Waals surface area contributed by atoms with Gasteiger partial charge in [-0.25, -0.2) is 0 Å². The molecule has 1 N–H and O–H groups in total. The van der Waals surface area contributed by atoms with E-state index in [1.807, 2.05) is 6.08 Å². The first-order valence-corrected chi connectivity index (χ1v) is 7.43. The van der Waals surface area contributed by atoms with E-state index in [2.05, 4.69) is 29.8 Å². The van der Waals surface area contributed by atoms with Crippen LogP contribution in [0.15, 0.2) is 23.1 Å². The molecule has 3 rings (SSSR count). The van der Waals surface area contributed by atoms with E-state index in [1.54, 1.807) is 0 Å². The van der Waals surface area contributed by atoms with Crippen LogP contribution in [-0.4, -0.2) is 23.5 Å². The van der Waals surface area contributed by atoms with Crippen LogP contribution in [0.1, 0.15) is 42.8 Å². The minimum Gasteiger partial charge on any atom is -0.463 e. The zero-order valence-corrected chi connectivity index (χ0v) is 11.8. The molecule has 0 spiro atoms. The summed E-state index contributed by atoms with van der Waals surface area (Å²) in [5.74, 6) is 2.20. The molecule has 0 unspecified atom stereocenters. The van der Waals surface area contributed by atoms with Crippen molar-refractivity contribution in [3.63, 3.8) is 0 Å². The van der Waals surface area contributed by atoms with Crippen molar-refractivity contribution >= 4 is 0 Å². The number of hydrogen-bond donors (Lipinski definition) is 1. The molecule has 1 heterocycles. The number of aryl methyl sites for hydroxylation is 1. The molecule has 0 aromatic carbocycles. The summed E-state index contributed by atoms with van der Waals surface area (Å²) in [5.41, 5.74) is 1.28. The van der Waals surface area contributed by atoms with E-state index in [4.69, 9.17) is 4.42 Å². The Hall–Kier alpha value is -1.06. The molecule has 0 atom stereocenters. The van der Waals surface area contributed by atoms with Crippen molar-refractivity contribution in [3.05, 3.63) is 35.8 Å². The monoisotopic (exact) mass is 260 g/mol. The number of nitrogens with zero attached hydrogens (tertiary/aromatic N) is 1. The zero-order chi connectivity index (χ0) is 13.2. The molecule has 1 aromatic rings. The molecule has 19 heavy (non-hydrogen) atoms. The van der Waals surface area contributed by atoms with Crippen LogP contribution in [0.4, 0.5) is 0 Å². The topological polar surface area (TPSA) is 28.4 Å². The maximum Gasteiger partial charge on any atom is 0.120 e. The molecule has 2 fully saturated rings. The second-order valence-electron chi connectivity index (χ2n) is 5.92. The maximum atomic E-state index is 6.01. The highest BCUT2D eigenvalue weighted by molar-refractivity contribution is 5.20. The fourth-order valence-electron chi connectivity index (χ4n) is 2.52. The van der Waals surface area contributed by atoms with Gasteiger partial charge in [-0.15, -0.1) is 6.58 Å². The first-order chi connectivity index (χ1) is 9.26. The number of hydrogen-bond acceptors (Lipinski definition) is 3. The Bertz CT molecular complexity index is 444. The molecule has 2 aliphatic rings. The van der Waals surface area contributed by atoms with E-state index in [9.17, 15) is 0 Å². The van der Waals surface area contributed by atoms with E-state index in [1.165, 1.54) is 31.2 Å². The molecular weight excluding hydrogens is 236 g/mol. The van der Waals surface area contributed by atoms with E-state index >= 15 is 0 Å². The predicted octanol–water partition coefficient (Wildman–Crippen LogP) is 2.99. The Kier molecular flexibility index (Phi) is 3.76. The Morgan fingerprint density at radius 3 is 2.84 bits per heavy atom. The third-order valence-electron chi connectivity index (χ3n) is 3.99. The molecule has 0 amide bonds. The minimum atomic E-state index is 0.733. The van der Waals surface area contributed by atoms with Crippen molar-refractivity contribution in [3.8, 4) is 0 Å². The van der Waals surface area contributed by atoms with Crippen LogP contribution < -0.4 is 5.32 Å². The van der Waals surface area contributed by atoms with Crippen LogP contribution in [-0.2, 0) is 13.1 Å². The van der Waals surface area contributed by atoms with Crippen molar-refractivity contribution in [2.45, 2.75) is 57.8 Å². The summed E-state index contributed by atoms with van der Waals surface area (Å²) in [5, 5.41) is 3.52. The molecule has 3 nitrogen and oxygen atoms in total. The third-order valence-corrected chi connectivity index (χ3v) is 3.99. The summed E-state index contributed by atoms with van der Waals surface area (Å²) in [6, 6.07) is 3.68. The van der Waals surface area contributed by atoms with Crippen LogP contribution in [0.5, 0.6) is 0 Å². The summed E-state index contributed by atoms with van der Waals surface area (Å²) in [7, 11) is 0. The van der Waals surface area contributed by atoms with Crippen LogP contribution in [0.25, 0.3) is 0 Å². The largest absolute Gasteiger partial charge is 0.463 e. The van der Waals surface area contributed by atoms with Crippen LogP contribution >= 0.6 is 0 Å². The average Bonchev–Trinajstić information content (AvgIpc) is 3.26. The van der Waals surface area contributed by atoms with Crippen LogP contribution in [0, 0.1) is 6.92 Å². The zero-order valence-electron chi connectivity index (χ0n) is 11.8. The molecule has 0 aliphatic heterocycles. The van der Waals surface area contributed by atoms with Gasteiger partial charge in [0.2, 0.25) is 0 Å². The maximum absolute atomic E-state index is 6.01. The van der Waals surface area contributed by atoms with Crippen molar-refractivity contribution in [2.75, 3.05) is 6.54 Å². The van der Waals surface area contributed by atoms with E-state index in [0.717, 1.165) is 43.2 Å². The second-order valence-corrected chi connectivity index (χ2v) is 5.92. The number of nitrogens with one attached hydrogen (secondary N) is 1. The van der Waals surface area contributed by atoms with Gasteiger partial charge in [0.1, 0.15) is 11.5 Å². The van der Waals surface area contributed by atoms with E-state index < -0.39 is 0 Å². The lowest BCUT2D eigenvalue weighted by Crippen LogP contribution is -2.25. The molecule has 2 aliphatic carbocycles. The minimum absolute atomic E-state index is 0.733. The molecule has 0 saturated heterocycles. The van der Waals surface area contributed by atoms with Crippen LogP contribution in [0.2, 0.25) is 0 Å². The molecular formula is C16H24N2O. The SMILES string of the molecule is C=CCN(Cc1cc(C)c(CNC2CC2)o1)C1CC1. The molecule has 104 valence electrons. The fraction of sp³-hybridized carbons (Fsp3) is 0.625. The van der Waals surface area contributed by atoms with Gasteiger partial charge in [-0.1, -0.05) is 6.08 Å². The highest BCUT2D eigenvalue weighted by Crippen LogP contribution is 2.29. The molecule has 1 aromatic heterocycles. The smallest absolute Gasteiger partial charge is 0.120 e. The summed E-state index contributed by atoms with van der Waals surface area (Å²) in [4.78, 5) is 2.46. The highest BCUT2D eigenvalue weighted by atomic mass is 16.3. The van der Waals surface area contributed by atoms with E-state index in [0.29, 0.717) is 0 Å². The van der Waals surface area contributed by atoms with Gasteiger partial charge in [-0.2, -0.15) is 0 Å². The number of furan rings is 1. The van der Waals surface area contributed by atoms with Gasteiger partial charge >= 0.3 is 0 Å². The van der Waals surface area contributed by atoms with Crippen molar-refractivity contribution in [1.82, 2.24) is 10.2 Å². The van der Waals surface area contributed by atoms with Gasteiger partial charge in [0.05, 0.1) is 13.1 Å². The Morgan fingerprint density at radius 2 is 2.21 bits per heavy atom. The second kappa shape index (κ2) is 5.51. The molecule has 3 heteroatoms. The fourth-order valence-corrected chi connectivity index (χ4v) is 2.52. The summed E-state index contributed by atoms with van der Waals surface area (Å²) < 4.78 is 6.01. The van der Waals surface area contributed by atoms with Crippen molar-refractivity contribution in [2.24, 2.45) is 0 Å². The Morgan fingerprint density at radius 1 is 1.42 bits per heavy atom. The first kappa shape index (κ1) is 12.9. The summed E-state index contributed by atoms with van der Waals surface area (Å²) in [6.07, 6.45) is 7.28. The van der Waals surface area contributed by atoms with Crippen LogP contribution in [0.3, 0.4) is 0 Å².